The molecule has 2 rings (SSSR count). The van der Waals surface area contributed by atoms with E-state index in [-0.39, 0.29) is 6.04 Å². The van der Waals surface area contributed by atoms with Crippen molar-refractivity contribution < 1.29 is 0 Å². The van der Waals surface area contributed by atoms with Crippen LogP contribution >= 0.6 is 0 Å². The molecule has 0 heterocycles. The topological polar surface area (TPSA) is 52.0 Å². The van der Waals surface area contributed by atoms with E-state index < -0.39 is 0 Å². The quantitative estimate of drug-likeness (QED) is 0.593. The van der Waals surface area contributed by atoms with Gasteiger partial charge in [0, 0.05) is 11.7 Å². The second-order valence-electron chi connectivity index (χ2n) is 3.90. The molecule has 0 bridgehead atoms. The Morgan fingerprint density at radius 2 is 2.15 bits per heavy atom. The summed E-state index contributed by atoms with van der Waals surface area (Å²) in [6.07, 6.45) is 3.46. The number of fused-ring (bicyclic) bond motifs is 1. The summed E-state index contributed by atoms with van der Waals surface area (Å²) in [4.78, 5) is 0. The van der Waals surface area contributed by atoms with Crippen LogP contribution in [-0.2, 0) is 6.42 Å². The molecule has 0 saturated carbocycles. The van der Waals surface area contributed by atoms with Crippen molar-refractivity contribution in [2.75, 3.05) is 5.73 Å². The number of benzene rings is 1. The zero-order valence-corrected chi connectivity index (χ0v) is 8.01. The monoisotopic (exact) mass is 176 g/mol. The van der Waals surface area contributed by atoms with Crippen LogP contribution in [0.15, 0.2) is 12.1 Å². The average molecular weight is 176 g/mol. The van der Waals surface area contributed by atoms with Crippen molar-refractivity contribution in [3.63, 3.8) is 0 Å². The minimum Gasteiger partial charge on any atom is -0.399 e. The smallest absolute Gasteiger partial charge is 0.0320 e. The number of anilines is 1. The first-order valence-corrected chi connectivity index (χ1v) is 4.83. The van der Waals surface area contributed by atoms with Crippen LogP contribution in [0.3, 0.4) is 0 Å². The predicted octanol–water partition coefficient (Wildman–Crippen LogP) is 1.91. The van der Waals surface area contributed by atoms with Crippen molar-refractivity contribution in [3.05, 3.63) is 28.8 Å². The first-order chi connectivity index (χ1) is 6.18. The fourth-order valence-electron chi connectivity index (χ4n) is 2.20. The predicted molar refractivity (Wildman–Crippen MR) is 55.5 cm³/mol. The lowest BCUT2D eigenvalue weighted by Crippen LogP contribution is -2.18. The zero-order chi connectivity index (χ0) is 9.42. The highest BCUT2D eigenvalue weighted by molar-refractivity contribution is 5.51. The van der Waals surface area contributed by atoms with Gasteiger partial charge in [0.1, 0.15) is 0 Å². The zero-order valence-electron chi connectivity index (χ0n) is 8.01. The largest absolute Gasteiger partial charge is 0.399 e. The van der Waals surface area contributed by atoms with Crippen LogP contribution < -0.4 is 11.5 Å². The molecule has 1 aromatic rings. The van der Waals surface area contributed by atoms with Gasteiger partial charge in [-0.25, -0.2) is 0 Å². The number of hydrogen-bond donors (Lipinski definition) is 2. The Morgan fingerprint density at radius 1 is 1.38 bits per heavy atom. The molecule has 1 aromatic carbocycles. The van der Waals surface area contributed by atoms with Crippen LogP contribution in [-0.4, -0.2) is 0 Å². The van der Waals surface area contributed by atoms with Gasteiger partial charge in [0.15, 0.2) is 0 Å². The molecule has 0 saturated heterocycles. The van der Waals surface area contributed by atoms with Gasteiger partial charge in [-0.1, -0.05) is 0 Å². The molecule has 0 radical (unpaired) electrons. The van der Waals surface area contributed by atoms with Crippen molar-refractivity contribution in [2.24, 2.45) is 5.73 Å². The molecule has 0 fully saturated rings. The standard InChI is InChI=1S/C11H16N2/c1-7-5-8(12)6-10-9(7)3-2-4-11(10)13/h5-6,11H,2-4,12-13H2,1H3/t11-/m0/s1. The van der Waals surface area contributed by atoms with E-state index >= 15 is 0 Å². The lowest BCUT2D eigenvalue weighted by molar-refractivity contribution is 0.569. The van der Waals surface area contributed by atoms with Gasteiger partial charge in [-0.05, 0) is 55.0 Å². The van der Waals surface area contributed by atoms with Gasteiger partial charge >= 0.3 is 0 Å². The van der Waals surface area contributed by atoms with Crippen LogP contribution in [0, 0.1) is 6.92 Å². The van der Waals surface area contributed by atoms with Crippen LogP contribution in [0.25, 0.3) is 0 Å². The van der Waals surface area contributed by atoms with E-state index in [1.807, 2.05) is 12.1 Å². The third kappa shape index (κ3) is 1.42. The van der Waals surface area contributed by atoms with Crippen LogP contribution in [0.1, 0.15) is 35.6 Å². The van der Waals surface area contributed by atoms with Crippen molar-refractivity contribution in [1.82, 2.24) is 0 Å². The van der Waals surface area contributed by atoms with E-state index in [9.17, 15) is 0 Å². The van der Waals surface area contributed by atoms with Crippen LogP contribution in [0.5, 0.6) is 0 Å². The summed E-state index contributed by atoms with van der Waals surface area (Å²) in [7, 11) is 0. The maximum atomic E-state index is 6.03. The molecule has 0 aliphatic heterocycles. The van der Waals surface area contributed by atoms with Gasteiger partial charge in [-0.2, -0.15) is 0 Å². The molecular weight excluding hydrogens is 160 g/mol. The lowest BCUT2D eigenvalue weighted by atomic mass is 9.85. The minimum atomic E-state index is 0.200. The number of rotatable bonds is 0. The van der Waals surface area contributed by atoms with E-state index in [1.54, 1.807) is 0 Å². The number of nitrogens with two attached hydrogens (primary N) is 2. The third-order valence-electron chi connectivity index (χ3n) is 2.87. The minimum absolute atomic E-state index is 0.200. The van der Waals surface area contributed by atoms with E-state index in [2.05, 4.69) is 6.92 Å². The van der Waals surface area contributed by atoms with E-state index in [4.69, 9.17) is 11.5 Å². The highest BCUT2D eigenvalue weighted by Crippen LogP contribution is 2.31. The summed E-state index contributed by atoms with van der Waals surface area (Å²) in [5.41, 5.74) is 16.6. The molecule has 2 nitrogen and oxygen atoms in total. The van der Waals surface area contributed by atoms with Gasteiger partial charge in [0.2, 0.25) is 0 Å². The summed E-state index contributed by atoms with van der Waals surface area (Å²) in [5.74, 6) is 0. The number of aryl methyl sites for hydroxylation is 1. The normalized spacial score (nSPS) is 21.2. The fourth-order valence-corrected chi connectivity index (χ4v) is 2.20. The van der Waals surface area contributed by atoms with Crippen LogP contribution in [0.4, 0.5) is 5.69 Å². The Labute approximate surface area is 78.9 Å². The second-order valence-corrected chi connectivity index (χ2v) is 3.90. The summed E-state index contributed by atoms with van der Waals surface area (Å²) in [5, 5.41) is 0. The first kappa shape index (κ1) is 8.57. The van der Waals surface area contributed by atoms with Gasteiger partial charge in [0.25, 0.3) is 0 Å². The molecule has 1 atom stereocenters. The Bertz CT molecular complexity index is 331. The van der Waals surface area contributed by atoms with Gasteiger partial charge < -0.3 is 11.5 Å². The highest BCUT2D eigenvalue weighted by atomic mass is 14.6. The number of hydrogen-bond acceptors (Lipinski definition) is 2. The second kappa shape index (κ2) is 3.04. The highest BCUT2D eigenvalue weighted by Gasteiger charge is 2.18. The summed E-state index contributed by atoms with van der Waals surface area (Å²) in [6.45, 7) is 2.12. The molecule has 4 N–H and O–H groups in total. The van der Waals surface area contributed by atoms with Gasteiger partial charge in [0.05, 0.1) is 0 Å². The lowest BCUT2D eigenvalue weighted by Gasteiger charge is -2.24. The molecule has 0 amide bonds. The summed E-state index contributed by atoms with van der Waals surface area (Å²) >= 11 is 0. The SMILES string of the molecule is Cc1cc(N)cc2c1CCC[C@@H]2N. The fraction of sp³-hybridized carbons (Fsp3) is 0.455. The molecule has 0 spiro atoms. The maximum absolute atomic E-state index is 6.03. The number of nitrogen functional groups attached to an aromatic ring is 1. The summed E-state index contributed by atoms with van der Waals surface area (Å²) < 4.78 is 0. The Kier molecular flexibility index (Phi) is 2.00. The molecule has 1 aliphatic rings. The Hall–Kier alpha value is -1.02. The summed E-state index contributed by atoms with van der Waals surface area (Å²) in [6, 6.07) is 4.27. The maximum Gasteiger partial charge on any atom is 0.0320 e. The average Bonchev–Trinajstić information content (AvgIpc) is 2.07. The van der Waals surface area contributed by atoms with Gasteiger partial charge in [-0.15, -0.1) is 0 Å². The van der Waals surface area contributed by atoms with Crippen LogP contribution in [0.2, 0.25) is 0 Å². The van der Waals surface area contributed by atoms with Crippen molar-refractivity contribution in [1.29, 1.82) is 0 Å². The van der Waals surface area contributed by atoms with Gasteiger partial charge in [-0.3, -0.25) is 0 Å². The van der Waals surface area contributed by atoms with Crippen molar-refractivity contribution >= 4 is 5.69 Å². The van der Waals surface area contributed by atoms with Crippen molar-refractivity contribution in [2.45, 2.75) is 32.2 Å². The molecule has 2 heteroatoms. The van der Waals surface area contributed by atoms with Crippen molar-refractivity contribution in [3.8, 4) is 0 Å². The molecular formula is C11H16N2. The van der Waals surface area contributed by atoms with E-state index in [1.165, 1.54) is 23.1 Å². The Morgan fingerprint density at radius 3 is 2.92 bits per heavy atom. The molecule has 0 unspecified atom stereocenters. The molecule has 1 aliphatic carbocycles. The first-order valence-electron chi connectivity index (χ1n) is 4.83. The Balaban J connectivity index is 2.56. The third-order valence-corrected chi connectivity index (χ3v) is 2.87. The molecule has 70 valence electrons. The van der Waals surface area contributed by atoms with E-state index in [0.29, 0.717) is 0 Å². The molecule has 0 aromatic heterocycles. The van der Waals surface area contributed by atoms with E-state index in [0.717, 1.165) is 18.5 Å². The molecule has 13 heavy (non-hydrogen) atoms.